The Labute approximate surface area is 179 Å². The van der Waals surface area contributed by atoms with Crippen LogP contribution < -0.4 is 0 Å². The zero-order chi connectivity index (χ0) is 20.3. The Balaban J connectivity index is 1.34. The molecule has 0 aromatic heterocycles. The standard InChI is InChI=1S/C28H39N/c1-2-3-4-5-6-7-23-14-18-27(19-15-23)28-20-16-25(17-21-28)9-8-24-10-12-26(22-29)13-11-24/h10-13,23,25,27-28H,2-7,14-21H2,1H3/t23-,25-,27-,28-. The molecule has 0 spiro atoms. The first kappa shape index (κ1) is 22.0. The molecule has 1 nitrogen and oxygen atoms in total. The quantitative estimate of drug-likeness (QED) is 0.343. The summed E-state index contributed by atoms with van der Waals surface area (Å²) >= 11 is 0. The van der Waals surface area contributed by atoms with Crippen LogP contribution in [-0.4, -0.2) is 0 Å². The summed E-state index contributed by atoms with van der Waals surface area (Å²) in [5.41, 5.74) is 1.75. The van der Waals surface area contributed by atoms with E-state index in [1.807, 2.05) is 24.3 Å². The van der Waals surface area contributed by atoms with Crippen molar-refractivity contribution in [1.82, 2.24) is 0 Å². The zero-order valence-corrected chi connectivity index (χ0v) is 18.5. The molecular formula is C28H39N. The Morgan fingerprint density at radius 3 is 1.97 bits per heavy atom. The lowest BCUT2D eigenvalue weighted by molar-refractivity contribution is 0.153. The maximum atomic E-state index is 8.89. The Bertz CT molecular complexity index is 683. The highest BCUT2D eigenvalue weighted by molar-refractivity contribution is 5.40. The summed E-state index contributed by atoms with van der Waals surface area (Å²) in [6.07, 6.45) is 20.0. The highest BCUT2D eigenvalue weighted by atomic mass is 14.4. The van der Waals surface area contributed by atoms with Crippen LogP contribution in [-0.2, 0) is 0 Å². The average Bonchev–Trinajstić information content (AvgIpc) is 2.79. The molecule has 2 saturated carbocycles. The minimum Gasteiger partial charge on any atom is -0.192 e. The van der Waals surface area contributed by atoms with E-state index in [2.05, 4.69) is 24.8 Å². The van der Waals surface area contributed by atoms with Crippen LogP contribution in [0.15, 0.2) is 24.3 Å². The van der Waals surface area contributed by atoms with Gasteiger partial charge in [-0.05, 0) is 80.5 Å². The van der Waals surface area contributed by atoms with E-state index in [4.69, 9.17) is 5.26 Å². The summed E-state index contributed by atoms with van der Waals surface area (Å²) in [6, 6.07) is 9.84. The lowest BCUT2D eigenvalue weighted by atomic mass is 9.69. The van der Waals surface area contributed by atoms with E-state index in [1.165, 1.54) is 89.9 Å². The van der Waals surface area contributed by atoms with Crippen LogP contribution in [0.5, 0.6) is 0 Å². The van der Waals surface area contributed by atoms with E-state index in [9.17, 15) is 0 Å². The Kier molecular flexibility index (Phi) is 9.15. The zero-order valence-electron chi connectivity index (χ0n) is 18.5. The molecule has 2 fully saturated rings. The van der Waals surface area contributed by atoms with Crippen molar-refractivity contribution in [3.05, 3.63) is 35.4 Å². The van der Waals surface area contributed by atoms with Crippen molar-refractivity contribution in [3.63, 3.8) is 0 Å². The van der Waals surface area contributed by atoms with Gasteiger partial charge in [-0.15, -0.1) is 0 Å². The van der Waals surface area contributed by atoms with Gasteiger partial charge in [0.15, 0.2) is 0 Å². The van der Waals surface area contributed by atoms with Crippen molar-refractivity contribution < 1.29 is 0 Å². The lowest BCUT2D eigenvalue weighted by Crippen LogP contribution is -2.25. The van der Waals surface area contributed by atoms with Gasteiger partial charge >= 0.3 is 0 Å². The number of unbranched alkanes of at least 4 members (excludes halogenated alkanes) is 4. The minimum atomic E-state index is 0.571. The smallest absolute Gasteiger partial charge is 0.0991 e. The van der Waals surface area contributed by atoms with Crippen LogP contribution in [0.4, 0.5) is 0 Å². The Morgan fingerprint density at radius 2 is 1.34 bits per heavy atom. The maximum absolute atomic E-state index is 8.89. The number of rotatable bonds is 7. The molecule has 2 aliphatic rings. The first-order valence-corrected chi connectivity index (χ1v) is 12.3. The molecule has 0 bridgehead atoms. The fourth-order valence-electron chi connectivity index (χ4n) is 5.53. The largest absolute Gasteiger partial charge is 0.192 e. The van der Waals surface area contributed by atoms with Gasteiger partial charge in [0.2, 0.25) is 0 Å². The molecule has 0 atom stereocenters. The van der Waals surface area contributed by atoms with E-state index in [0.29, 0.717) is 11.5 Å². The van der Waals surface area contributed by atoms with Crippen LogP contribution in [0, 0.1) is 46.8 Å². The summed E-state index contributed by atoms with van der Waals surface area (Å²) in [7, 11) is 0. The van der Waals surface area contributed by atoms with E-state index < -0.39 is 0 Å². The Morgan fingerprint density at radius 1 is 0.759 bits per heavy atom. The molecular weight excluding hydrogens is 350 g/mol. The van der Waals surface area contributed by atoms with Crippen LogP contribution in [0.1, 0.15) is 108 Å². The monoisotopic (exact) mass is 389 g/mol. The SMILES string of the molecule is CCCCCCC[C@H]1CC[C@H]([C@H]2CC[C@H](C#Cc3ccc(C#N)cc3)CC2)CC1. The van der Waals surface area contributed by atoms with Gasteiger partial charge in [-0.2, -0.15) is 5.26 Å². The van der Waals surface area contributed by atoms with Gasteiger partial charge in [-0.25, -0.2) is 0 Å². The van der Waals surface area contributed by atoms with Crippen LogP contribution in [0.2, 0.25) is 0 Å². The number of nitriles is 1. The number of benzene rings is 1. The Hall–Kier alpha value is -1.73. The van der Waals surface area contributed by atoms with Crippen molar-refractivity contribution >= 4 is 0 Å². The molecule has 0 unspecified atom stereocenters. The highest BCUT2D eigenvalue weighted by Crippen LogP contribution is 2.42. The van der Waals surface area contributed by atoms with Crippen LogP contribution in [0.25, 0.3) is 0 Å². The van der Waals surface area contributed by atoms with E-state index in [-0.39, 0.29) is 0 Å². The number of nitrogens with zero attached hydrogens (tertiary/aromatic N) is 1. The summed E-state index contributed by atoms with van der Waals surface area (Å²) in [6.45, 7) is 2.30. The van der Waals surface area contributed by atoms with Gasteiger partial charge in [-0.1, -0.05) is 70.1 Å². The van der Waals surface area contributed by atoms with Gasteiger partial charge in [-0.3, -0.25) is 0 Å². The molecule has 29 heavy (non-hydrogen) atoms. The fourth-order valence-corrected chi connectivity index (χ4v) is 5.53. The lowest BCUT2D eigenvalue weighted by Gasteiger charge is -2.37. The van der Waals surface area contributed by atoms with Crippen molar-refractivity contribution in [2.75, 3.05) is 0 Å². The molecule has 156 valence electrons. The second-order valence-corrected chi connectivity index (χ2v) is 9.55. The normalized spacial score (nSPS) is 26.9. The van der Waals surface area contributed by atoms with Crippen LogP contribution >= 0.6 is 0 Å². The van der Waals surface area contributed by atoms with Gasteiger partial charge in [0.05, 0.1) is 11.6 Å². The third kappa shape index (κ3) is 7.23. The predicted molar refractivity (Wildman–Crippen MR) is 122 cm³/mol. The molecule has 3 rings (SSSR count). The molecule has 0 heterocycles. The van der Waals surface area contributed by atoms with Gasteiger partial charge in [0.25, 0.3) is 0 Å². The molecule has 1 heteroatoms. The number of hydrogen-bond acceptors (Lipinski definition) is 1. The molecule has 2 aliphatic carbocycles. The summed E-state index contributed by atoms with van der Waals surface area (Å²) < 4.78 is 0. The van der Waals surface area contributed by atoms with Crippen molar-refractivity contribution in [1.29, 1.82) is 5.26 Å². The molecule has 0 saturated heterocycles. The van der Waals surface area contributed by atoms with Crippen molar-refractivity contribution in [3.8, 4) is 17.9 Å². The first-order valence-electron chi connectivity index (χ1n) is 12.3. The van der Waals surface area contributed by atoms with E-state index >= 15 is 0 Å². The van der Waals surface area contributed by atoms with E-state index in [1.54, 1.807) is 0 Å². The highest BCUT2D eigenvalue weighted by Gasteiger charge is 2.30. The van der Waals surface area contributed by atoms with Gasteiger partial charge < -0.3 is 0 Å². The molecule has 0 amide bonds. The molecule has 0 N–H and O–H groups in total. The summed E-state index contributed by atoms with van der Waals surface area (Å²) in [4.78, 5) is 0. The van der Waals surface area contributed by atoms with Gasteiger partial charge in [0.1, 0.15) is 0 Å². The number of hydrogen-bond donors (Lipinski definition) is 0. The molecule has 1 aromatic rings. The summed E-state index contributed by atoms with van der Waals surface area (Å²) in [5, 5.41) is 8.89. The predicted octanol–water partition coefficient (Wildman–Crippen LogP) is 7.88. The first-order chi connectivity index (χ1) is 14.3. The second-order valence-electron chi connectivity index (χ2n) is 9.55. The molecule has 1 aromatic carbocycles. The van der Waals surface area contributed by atoms with Crippen LogP contribution in [0.3, 0.4) is 0 Å². The van der Waals surface area contributed by atoms with Gasteiger partial charge in [0, 0.05) is 11.5 Å². The molecule has 0 radical (unpaired) electrons. The summed E-state index contributed by atoms with van der Waals surface area (Å²) in [5.74, 6) is 10.4. The second kappa shape index (κ2) is 12.1. The van der Waals surface area contributed by atoms with E-state index in [0.717, 1.165) is 23.3 Å². The average molecular weight is 390 g/mol. The third-order valence-electron chi connectivity index (χ3n) is 7.48. The van der Waals surface area contributed by atoms with Crippen molar-refractivity contribution in [2.45, 2.75) is 96.8 Å². The third-order valence-corrected chi connectivity index (χ3v) is 7.48. The van der Waals surface area contributed by atoms with Crippen molar-refractivity contribution in [2.24, 2.45) is 23.7 Å². The maximum Gasteiger partial charge on any atom is 0.0991 e. The topological polar surface area (TPSA) is 23.8 Å². The fraction of sp³-hybridized carbons (Fsp3) is 0.679. The minimum absolute atomic E-state index is 0.571. The molecule has 0 aliphatic heterocycles.